The van der Waals surface area contributed by atoms with Crippen molar-refractivity contribution in [2.45, 2.75) is 6.92 Å². The molecule has 4 aromatic rings. The van der Waals surface area contributed by atoms with Gasteiger partial charge in [-0.25, -0.2) is 9.97 Å². The molecule has 0 spiro atoms. The van der Waals surface area contributed by atoms with Gasteiger partial charge in [0.05, 0.1) is 5.69 Å². The van der Waals surface area contributed by atoms with E-state index in [1.165, 1.54) is 11.1 Å². The summed E-state index contributed by atoms with van der Waals surface area (Å²) in [5.41, 5.74) is 6.48. The third-order valence-corrected chi connectivity index (χ3v) is 4.17. The standard InChI is InChI=1S/C23H18N2/c1-17-16-22(25-23(24-17)21-10-6-3-7-11-21)20-14-12-19(13-15-20)18-8-4-2-5-9-18/h2-16H,1H3. The molecule has 25 heavy (non-hydrogen) atoms. The number of benzene rings is 3. The summed E-state index contributed by atoms with van der Waals surface area (Å²) in [5.74, 6) is 0.766. The molecule has 0 saturated heterocycles. The molecule has 0 amide bonds. The van der Waals surface area contributed by atoms with Crippen molar-refractivity contribution in [3.8, 4) is 33.8 Å². The molecule has 0 N–H and O–H groups in total. The first-order chi connectivity index (χ1) is 12.3. The number of rotatable bonds is 3. The Labute approximate surface area is 147 Å². The molecule has 0 atom stereocenters. The number of aryl methyl sites for hydroxylation is 1. The molecule has 0 aliphatic heterocycles. The fourth-order valence-corrected chi connectivity index (χ4v) is 2.90. The van der Waals surface area contributed by atoms with Crippen LogP contribution < -0.4 is 0 Å². The fraction of sp³-hybridized carbons (Fsp3) is 0.0435. The van der Waals surface area contributed by atoms with E-state index in [1.54, 1.807) is 0 Å². The van der Waals surface area contributed by atoms with Gasteiger partial charge in [-0.1, -0.05) is 84.9 Å². The zero-order chi connectivity index (χ0) is 17.1. The van der Waals surface area contributed by atoms with Crippen molar-refractivity contribution in [2.24, 2.45) is 0 Å². The van der Waals surface area contributed by atoms with Gasteiger partial charge in [-0.2, -0.15) is 0 Å². The first-order valence-corrected chi connectivity index (χ1v) is 8.36. The Morgan fingerprint density at radius 3 is 1.68 bits per heavy atom. The maximum atomic E-state index is 4.77. The monoisotopic (exact) mass is 322 g/mol. The Morgan fingerprint density at radius 1 is 0.520 bits per heavy atom. The largest absolute Gasteiger partial charge is 0.233 e. The van der Waals surface area contributed by atoms with Gasteiger partial charge >= 0.3 is 0 Å². The van der Waals surface area contributed by atoms with E-state index >= 15 is 0 Å². The van der Waals surface area contributed by atoms with Crippen LogP contribution in [0.15, 0.2) is 91.0 Å². The van der Waals surface area contributed by atoms with Gasteiger partial charge in [-0.15, -0.1) is 0 Å². The second kappa shape index (κ2) is 6.70. The fourth-order valence-electron chi connectivity index (χ4n) is 2.90. The van der Waals surface area contributed by atoms with E-state index in [9.17, 15) is 0 Å². The van der Waals surface area contributed by atoms with Crippen molar-refractivity contribution in [1.82, 2.24) is 9.97 Å². The van der Waals surface area contributed by atoms with Crippen LogP contribution in [0.2, 0.25) is 0 Å². The number of hydrogen-bond acceptors (Lipinski definition) is 2. The quantitative estimate of drug-likeness (QED) is 0.477. The Morgan fingerprint density at radius 2 is 1.04 bits per heavy atom. The molecule has 1 heterocycles. The Bertz CT molecular complexity index is 975. The van der Waals surface area contributed by atoms with E-state index < -0.39 is 0 Å². The summed E-state index contributed by atoms with van der Waals surface area (Å²) >= 11 is 0. The highest BCUT2D eigenvalue weighted by molar-refractivity contribution is 5.70. The first-order valence-electron chi connectivity index (χ1n) is 8.36. The average molecular weight is 322 g/mol. The smallest absolute Gasteiger partial charge is 0.160 e. The van der Waals surface area contributed by atoms with Crippen molar-refractivity contribution in [3.05, 3.63) is 96.7 Å². The lowest BCUT2D eigenvalue weighted by atomic mass is 10.0. The lowest BCUT2D eigenvalue weighted by Crippen LogP contribution is -1.95. The molecule has 1 aromatic heterocycles. The number of aromatic nitrogens is 2. The third kappa shape index (κ3) is 3.33. The van der Waals surface area contributed by atoms with Gasteiger partial charge in [0.1, 0.15) is 0 Å². The molecule has 0 unspecified atom stereocenters. The van der Waals surface area contributed by atoms with E-state index in [4.69, 9.17) is 4.98 Å². The van der Waals surface area contributed by atoms with E-state index in [-0.39, 0.29) is 0 Å². The van der Waals surface area contributed by atoms with Crippen molar-refractivity contribution in [3.63, 3.8) is 0 Å². The average Bonchev–Trinajstić information content (AvgIpc) is 2.69. The summed E-state index contributed by atoms with van der Waals surface area (Å²) in [6.45, 7) is 2.01. The maximum Gasteiger partial charge on any atom is 0.160 e. The highest BCUT2D eigenvalue weighted by atomic mass is 14.9. The zero-order valence-electron chi connectivity index (χ0n) is 14.1. The van der Waals surface area contributed by atoms with Crippen LogP contribution in [0.3, 0.4) is 0 Å². The Balaban J connectivity index is 1.71. The van der Waals surface area contributed by atoms with Crippen molar-refractivity contribution >= 4 is 0 Å². The lowest BCUT2D eigenvalue weighted by Gasteiger charge is -2.08. The van der Waals surface area contributed by atoms with Crippen LogP contribution in [0, 0.1) is 6.92 Å². The molecular formula is C23H18N2. The van der Waals surface area contributed by atoms with E-state index in [1.807, 2.05) is 49.4 Å². The molecule has 3 aromatic carbocycles. The summed E-state index contributed by atoms with van der Waals surface area (Å²) in [7, 11) is 0. The predicted molar refractivity (Wildman–Crippen MR) is 103 cm³/mol. The highest BCUT2D eigenvalue weighted by Gasteiger charge is 2.07. The van der Waals surface area contributed by atoms with E-state index in [2.05, 4.69) is 53.5 Å². The van der Waals surface area contributed by atoms with Gasteiger partial charge in [0.15, 0.2) is 5.82 Å². The van der Waals surface area contributed by atoms with E-state index in [0.29, 0.717) is 0 Å². The number of hydrogen-bond donors (Lipinski definition) is 0. The van der Waals surface area contributed by atoms with Crippen LogP contribution in [0.25, 0.3) is 33.8 Å². The van der Waals surface area contributed by atoms with Crippen molar-refractivity contribution in [2.75, 3.05) is 0 Å². The summed E-state index contributed by atoms with van der Waals surface area (Å²) in [5, 5.41) is 0. The van der Waals surface area contributed by atoms with Crippen molar-refractivity contribution < 1.29 is 0 Å². The normalized spacial score (nSPS) is 10.6. The van der Waals surface area contributed by atoms with Gasteiger partial charge in [-0.05, 0) is 24.1 Å². The molecule has 2 heteroatoms. The molecule has 0 radical (unpaired) electrons. The van der Waals surface area contributed by atoms with Crippen LogP contribution in [0.5, 0.6) is 0 Å². The van der Waals surface area contributed by atoms with E-state index in [0.717, 1.165) is 28.3 Å². The highest BCUT2D eigenvalue weighted by Crippen LogP contribution is 2.25. The van der Waals surface area contributed by atoms with Crippen LogP contribution >= 0.6 is 0 Å². The van der Waals surface area contributed by atoms with Crippen LogP contribution in [-0.4, -0.2) is 9.97 Å². The molecule has 120 valence electrons. The molecule has 2 nitrogen and oxygen atoms in total. The summed E-state index contributed by atoms with van der Waals surface area (Å²) in [6, 6.07) is 31.1. The van der Waals surface area contributed by atoms with Gasteiger partial charge in [0.25, 0.3) is 0 Å². The van der Waals surface area contributed by atoms with Gasteiger partial charge < -0.3 is 0 Å². The SMILES string of the molecule is Cc1cc(-c2ccc(-c3ccccc3)cc2)nc(-c2ccccc2)n1. The summed E-state index contributed by atoms with van der Waals surface area (Å²) < 4.78 is 0. The molecule has 0 aliphatic carbocycles. The van der Waals surface area contributed by atoms with Crippen LogP contribution in [-0.2, 0) is 0 Å². The third-order valence-electron chi connectivity index (χ3n) is 4.17. The molecule has 0 bridgehead atoms. The van der Waals surface area contributed by atoms with Crippen LogP contribution in [0.1, 0.15) is 5.69 Å². The zero-order valence-corrected chi connectivity index (χ0v) is 14.1. The van der Waals surface area contributed by atoms with Gasteiger partial charge in [0.2, 0.25) is 0 Å². The Kier molecular flexibility index (Phi) is 4.09. The van der Waals surface area contributed by atoms with Crippen molar-refractivity contribution in [1.29, 1.82) is 0 Å². The second-order valence-corrected chi connectivity index (χ2v) is 6.03. The minimum atomic E-state index is 0.766. The molecule has 0 aliphatic rings. The minimum absolute atomic E-state index is 0.766. The minimum Gasteiger partial charge on any atom is -0.233 e. The second-order valence-electron chi connectivity index (χ2n) is 6.03. The lowest BCUT2D eigenvalue weighted by molar-refractivity contribution is 1.11. The molecule has 0 fully saturated rings. The molecule has 4 rings (SSSR count). The molecular weight excluding hydrogens is 304 g/mol. The van der Waals surface area contributed by atoms with Gasteiger partial charge in [-0.3, -0.25) is 0 Å². The Hall–Kier alpha value is -3.26. The summed E-state index contributed by atoms with van der Waals surface area (Å²) in [6.07, 6.45) is 0. The summed E-state index contributed by atoms with van der Waals surface area (Å²) in [4.78, 5) is 9.35. The maximum absolute atomic E-state index is 4.77. The van der Waals surface area contributed by atoms with Gasteiger partial charge in [0, 0.05) is 16.8 Å². The molecule has 0 saturated carbocycles. The number of nitrogens with zero attached hydrogens (tertiary/aromatic N) is 2. The first kappa shape index (κ1) is 15.3. The topological polar surface area (TPSA) is 25.8 Å². The van der Waals surface area contributed by atoms with Crippen LogP contribution in [0.4, 0.5) is 0 Å². The predicted octanol–water partition coefficient (Wildman–Crippen LogP) is 5.79.